The van der Waals surface area contributed by atoms with Gasteiger partial charge in [-0.15, -0.1) is 0 Å². The Morgan fingerprint density at radius 3 is 2.67 bits per heavy atom. The molecule has 1 aromatic heterocycles. The minimum absolute atomic E-state index is 0.00896. The number of para-hydroxylation sites is 2. The number of aromatic nitrogens is 1. The third kappa shape index (κ3) is 6.62. The lowest BCUT2D eigenvalue weighted by molar-refractivity contribution is -0.117. The zero-order chi connectivity index (χ0) is 24.0. The van der Waals surface area contributed by atoms with Crippen LogP contribution in [0.15, 0.2) is 57.0 Å². The van der Waals surface area contributed by atoms with Crippen LogP contribution in [0.3, 0.4) is 0 Å². The van der Waals surface area contributed by atoms with E-state index in [-0.39, 0.29) is 21.8 Å². The first-order valence-electron chi connectivity index (χ1n) is 9.95. The largest absolute Gasteiger partial charge is 0.495 e. The van der Waals surface area contributed by atoms with Crippen LogP contribution < -0.4 is 20.1 Å². The summed E-state index contributed by atoms with van der Waals surface area (Å²) in [7, 11) is -2.46. The molecule has 0 bridgehead atoms. The molecule has 0 saturated carbocycles. The van der Waals surface area contributed by atoms with Crippen molar-refractivity contribution in [3.05, 3.63) is 42.5 Å². The van der Waals surface area contributed by atoms with Gasteiger partial charge in [0, 0.05) is 6.54 Å². The van der Waals surface area contributed by atoms with E-state index in [1.165, 1.54) is 25.3 Å². The third-order valence-electron chi connectivity index (χ3n) is 4.25. The van der Waals surface area contributed by atoms with Crippen molar-refractivity contribution in [2.45, 2.75) is 24.0 Å². The molecule has 12 heteroatoms. The van der Waals surface area contributed by atoms with Gasteiger partial charge in [0.15, 0.2) is 5.58 Å². The number of amides is 3. The first kappa shape index (κ1) is 24.4. The molecule has 3 N–H and O–H groups in total. The molecule has 10 nitrogen and oxygen atoms in total. The number of nitrogens with one attached hydrogen (secondary N) is 3. The third-order valence-corrected chi connectivity index (χ3v) is 6.44. The molecule has 2 aromatic carbocycles. The van der Waals surface area contributed by atoms with Crippen LogP contribution in [0.4, 0.5) is 10.5 Å². The van der Waals surface area contributed by atoms with Gasteiger partial charge in [-0.2, -0.15) is 0 Å². The zero-order valence-electron chi connectivity index (χ0n) is 18.2. The molecule has 0 aliphatic heterocycles. The molecule has 0 aliphatic carbocycles. The van der Waals surface area contributed by atoms with Crippen LogP contribution in [-0.2, 0) is 14.8 Å². The fourth-order valence-electron chi connectivity index (χ4n) is 2.68. The van der Waals surface area contributed by atoms with Gasteiger partial charge < -0.3 is 14.5 Å². The fourth-order valence-corrected chi connectivity index (χ4v) is 4.41. The molecule has 3 rings (SSSR count). The first-order chi connectivity index (χ1) is 15.7. The van der Waals surface area contributed by atoms with Crippen LogP contribution in [0.2, 0.25) is 0 Å². The van der Waals surface area contributed by atoms with Gasteiger partial charge in [0.1, 0.15) is 11.3 Å². The Kier molecular flexibility index (Phi) is 7.82. The van der Waals surface area contributed by atoms with E-state index in [0.29, 0.717) is 29.1 Å². The summed E-state index contributed by atoms with van der Waals surface area (Å²) < 4.78 is 38.9. The maximum Gasteiger partial charge on any atom is 0.321 e. The van der Waals surface area contributed by atoms with E-state index in [4.69, 9.17) is 9.15 Å². The van der Waals surface area contributed by atoms with Crippen molar-refractivity contribution in [3.63, 3.8) is 0 Å². The summed E-state index contributed by atoms with van der Waals surface area (Å²) in [5, 5.41) is 4.99. The van der Waals surface area contributed by atoms with Gasteiger partial charge >= 0.3 is 6.03 Å². The summed E-state index contributed by atoms with van der Waals surface area (Å²) in [6, 6.07) is 10.3. The highest BCUT2D eigenvalue weighted by molar-refractivity contribution is 7.99. The minimum Gasteiger partial charge on any atom is -0.495 e. The smallest absolute Gasteiger partial charge is 0.321 e. The number of rotatable bonds is 9. The van der Waals surface area contributed by atoms with E-state index >= 15 is 0 Å². The number of anilines is 1. The number of fused-ring (bicyclic) bond motifs is 1. The fraction of sp³-hybridized carbons (Fsp3) is 0.286. The van der Waals surface area contributed by atoms with E-state index < -0.39 is 22.0 Å². The Labute approximate surface area is 195 Å². The molecular formula is C21H24N4O6S2. The first-order valence-corrected chi connectivity index (χ1v) is 12.4. The van der Waals surface area contributed by atoms with E-state index in [1.54, 1.807) is 24.3 Å². The molecule has 1 heterocycles. The number of sulfonamides is 1. The SMILES string of the molecule is COc1ccccc1NS(=O)(=O)c1ccc2oc(SCC(=O)NC(=O)NCC(C)C)nc2c1. The van der Waals surface area contributed by atoms with Gasteiger partial charge in [-0.1, -0.05) is 37.7 Å². The predicted molar refractivity (Wildman–Crippen MR) is 125 cm³/mol. The number of thioether (sulfide) groups is 1. The highest BCUT2D eigenvalue weighted by Crippen LogP contribution is 2.29. The second-order valence-electron chi connectivity index (χ2n) is 7.36. The number of imide groups is 1. The highest BCUT2D eigenvalue weighted by atomic mass is 32.2. The van der Waals surface area contributed by atoms with Crippen molar-refractivity contribution < 1.29 is 27.2 Å². The molecule has 0 fully saturated rings. The van der Waals surface area contributed by atoms with Gasteiger partial charge in [0.05, 0.1) is 23.4 Å². The molecule has 0 spiro atoms. The summed E-state index contributed by atoms with van der Waals surface area (Å²) in [5.74, 6) is 0.0486. The lowest BCUT2D eigenvalue weighted by atomic mass is 10.2. The quantitative estimate of drug-likeness (QED) is 0.387. The second kappa shape index (κ2) is 10.6. The van der Waals surface area contributed by atoms with Crippen LogP contribution >= 0.6 is 11.8 Å². The molecule has 0 saturated heterocycles. The average Bonchev–Trinajstić information content (AvgIpc) is 3.18. The molecule has 0 radical (unpaired) electrons. The van der Waals surface area contributed by atoms with Crippen LogP contribution in [0.25, 0.3) is 11.1 Å². The Bertz CT molecular complexity index is 1260. The summed E-state index contributed by atoms with van der Waals surface area (Å²) in [4.78, 5) is 27.8. The second-order valence-corrected chi connectivity index (χ2v) is 9.96. The number of benzene rings is 2. The molecule has 176 valence electrons. The van der Waals surface area contributed by atoms with Gasteiger partial charge in [0.2, 0.25) is 5.91 Å². The molecule has 3 aromatic rings. The number of ether oxygens (including phenoxy) is 1. The Morgan fingerprint density at radius 2 is 1.94 bits per heavy atom. The standard InChI is InChI=1S/C21H24N4O6S2/c1-13(2)11-22-20(27)24-19(26)12-32-21-23-16-10-14(8-9-18(16)31-21)33(28,29)25-15-6-4-5-7-17(15)30-3/h4-10,13,25H,11-12H2,1-3H3,(H2,22,24,26,27). The number of hydrogen-bond donors (Lipinski definition) is 3. The monoisotopic (exact) mass is 492 g/mol. The van der Waals surface area contributed by atoms with Crippen molar-refractivity contribution >= 4 is 50.5 Å². The van der Waals surface area contributed by atoms with E-state index in [2.05, 4.69) is 20.3 Å². The Hall–Kier alpha value is -3.25. The van der Waals surface area contributed by atoms with Crippen LogP contribution in [0, 0.1) is 5.92 Å². The van der Waals surface area contributed by atoms with Crippen molar-refractivity contribution in [1.29, 1.82) is 0 Å². The van der Waals surface area contributed by atoms with Crippen molar-refractivity contribution in [2.75, 3.05) is 24.1 Å². The number of hydrogen-bond acceptors (Lipinski definition) is 8. The van der Waals surface area contributed by atoms with Gasteiger partial charge in [-0.05, 0) is 36.2 Å². The molecule has 0 unspecified atom stereocenters. The van der Waals surface area contributed by atoms with E-state index in [9.17, 15) is 18.0 Å². The molecule has 3 amide bonds. The predicted octanol–water partition coefficient (Wildman–Crippen LogP) is 3.21. The molecular weight excluding hydrogens is 468 g/mol. The minimum atomic E-state index is -3.91. The van der Waals surface area contributed by atoms with Gasteiger partial charge in [0.25, 0.3) is 15.2 Å². The summed E-state index contributed by atoms with van der Waals surface area (Å²) in [5.41, 5.74) is 0.985. The average molecular weight is 493 g/mol. The lowest BCUT2D eigenvalue weighted by Crippen LogP contribution is -2.41. The van der Waals surface area contributed by atoms with Crippen LogP contribution in [-0.4, -0.2) is 44.7 Å². The molecule has 0 atom stereocenters. The van der Waals surface area contributed by atoms with Gasteiger partial charge in [-0.25, -0.2) is 18.2 Å². The topological polar surface area (TPSA) is 140 Å². The van der Waals surface area contributed by atoms with Crippen LogP contribution in [0.5, 0.6) is 5.75 Å². The maximum atomic E-state index is 12.8. The van der Waals surface area contributed by atoms with Crippen molar-refractivity contribution in [3.8, 4) is 5.75 Å². The number of oxazole rings is 1. The number of urea groups is 1. The zero-order valence-corrected chi connectivity index (χ0v) is 19.9. The Morgan fingerprint density at radius 1 is 1.18 bits per heavy atom. The number of carbonyl (C=O) groups excluding carboxylic acids is 2. The summed E-state index contributed by atoms with van der Waals surface area (Å²) in [6.07, 6.45) is 0. The van der Waals surface area contributed by atoms with Gasteiger partial charge in [-0.3, -0.25) is 14.8 Å². The molecule has 0 aliphatic rings. The summed E-state index contributed by atoms with van der Waals surface area (Å²) in [6.45, 7) is 4.33. The number of nitrogens with zero attached hydrogens (tertiary/aromatic N) is 1. The Balaban J connectivity index is 1.66. The van der Waals surface area contributed by atoms with Crippen molar-refractivity contribution in [1.82, 2.24) is 15.6 Å². The number of methoxy groups -OCH3 is 1. The summed E-state index contributed by atoms with van der Waals surface area (Å²) >= 11 is 0.990. The highest BCUT2D eigenvalue weighted by Gasteiger charge is 2.19. The van der Waals surface area contributed by atoms with E-state index in [1.807, 2.05) is 13.8 Å². The number of carbonyl (C=O) groups is 2. The van der Waals surface area contributed by atoms with E-state index in [0.717, 1.165) is 11.8 Å². The maximum absolute atomic E-state index is 12.8. The van der Waals surface area contributed by atoms with Crippen molar-refractivity contribution in [2.24, 2.45) is 5.92 Å². The normalized spacial score (nSPS) is 11.4. The van der Waals surface area contributed by atoms with Crippen LogP contribution in [0.1, 0.15) is 13.8 Å². The molecule has 33 heavy (non-hydrogen) atoms. The lowest BCUT2D eigenvalue weighted by Gasteiger charge is -2.11.